The largest absolute Gasteiger partial charge is 0.437 e. The van der Waals surface area contributed by atoms with E-state index in [9.17, 15) is 0 Å². The lowest BCUT2D eigenvalue weighted by atomic mass is 10.2. The van der Waals surface area contributed by atoms with Crippen molar-refractivity contribution >= 4 is 34.4 Å². The van der Waals surface area contributed by atoms with Crippen molar-refractivity contribution in [3.63, 3.8) is 0 Å². The van der Waals surface area contributed by atoms with Gasteiger partial charge in [-0.2, -0.15) is 0 Å². The minimum atomic E-state index is 0.545. The number of benzene rings is 2. The summed E-state index contributed by atoms with van der Waals surface area (Å²) in [4.78, 5) is 8.95. The molecular formula is C18H14N2O2. The maximum absolute atomic E-state index is 5.70. The monoisotopic (exact) mass is 290 g/mol. The van der Waals surface area contributed by atoms with Crippen LogP contribution in [0, 0.1) is 13.8 Å². The van der Waals surface area contributed by atoms with Gasteiger partial charge < -0.3 is 8.83 Å². The van der Waals surface area contributed by atoms with E-state index in [1.54, 1.807) is 12.2 Å². The van der Waals surface area contributed by atoms with E-state index in [1.807, 2.05) is 50.2 Å². The molecule has 0 amide bonds. The van der Waals surface area contributed by atoms with Crippen LogP contribution in [0.15, 0.2) is 45.2 Å². The second kappa shape index (κ2) is 4.84. The number of aryl methyl sites for hydroxylation is 2. The Bertz CT molecular complexity index is 926. The average Bonchev–Trinajstić information content (AvgIpc) is 3.10. The number of para-hydroxylation sites is 2. The molecule has 0 aliphatic rings. The van der Waals surface area contributed by atoms with Crippen LogP contribution in [-0.2, 0) is 0 Å². The van der Waals surface area contributed by atoms with Crippen LogP contribution in [0.1, 0.15) is 22.9 Å². The summed E-state index contributed by atoms with van der Waals surface area (Å²) in [7, 11) is 0. The zero-order valence-corrected chi connectivity index (χ0v) is 12.3. The van der Waals surface area contributed by atoms with Crippen molar-refractivity contribution in [3.8, 4) is 0 Å². The third-order valence-corrected chi connectivity index (χ3v) is 3.64. The molecule has 0 bridgehead atoms. The first-order chi connectivity index (χ1) is 10.7. The summed E-state index contributed by atoms with van der Waals surface area (Å²) in [5, 5.41) is 0. The molecule has 0 aliphatic carbocycles. The van der Waals surface area contributed by atoms with Crippen LogP contribution in [0.2, 0.25) is 0 Å². The summed E-state index contributed by atoms with van der Waals surface area (Å²) in [5.74, 6) is 1.09. The number of rotatable bonds is 2. The molecule has 2 aromatic heterocycles. The predicted molar refractivity (Wildman–Crippen MR) is 86.4 cm³/mol. The van der Waals surface area contributed by atoms with Gasteiger partial charge in [0, 0.05) is 12.2 Å². The first kappa shape index (κ1) is 12.8. The Labute approximate surface area is 127 Å². The van der Waals surface area contributed by atoms with Gasteiger partial charge >= 0.3 is 0 Å². The van der Waals surface area contributed by atoms with Gasteiger partial charge in [-0.15, -0.1) is 0 Å². The normalized spacial score (nSPS) is 11.9. The van der Waals surface area contributed by atoms with Crippen LogP contribution >= 0.6 is 0 Å². The Morgan fingerprint density at radius 1 is 0.727 bits per heavy atom. The lowest BCUT2D eigenvalue weighted by Crippen LogP contribution is -1.76. The van der Waals surface area contributed by atoms with Gasteiger partial charge in [0.15, 0.2) is 11.2 Å². The van der Waals surface area contributed by atoms with Crippen molar-refractivity contribution in [2.45, 2.75) is 13.8 Å². The minimum Gasteiger partial charge on any atom is -0.437 e. The Morgan fingerprint density at radius 2 is 1.18 bits per heavy atom. The summed E-state index contributed by atoms with van der Waals surface area (Å²) >= 11 is 0. The maximum atomic E-state index is 5.70. The zero-order valence-electron chi connectivity index (χ0n) is 12.3. The molecule has 0 fully saturated rings. The fourth-order valence-electron chi connectivity index (χ4n) is 2.49. The number of hydrogen-bond acceptors (Lipinski definition) is 4. The molecule has 0 radical (unpaired) electrons. The quantitative estimate of drug-likeness (QED) is 0.534. The molecule has 4 nitrogen and oxygen atoms in total. The number of fused-ring (bicyclic) bond motifs is 2. The molecule has 0 unspecified atom stereocenters. The number of hydrogen-bond donors (Lipinski definition) is 0. The van der Waals surface area contributed by atoms with Gasteiger partial charge in [0.2, 0.25) is 11.8 Å². The van der Waals surface area contributed by atoms with Gasteiger partial charge in [0.05, 0.1) is 0 Å². The van der Waals surface area contributed by atoms with Crippen LogP contribution in [0.25, 0.3) is 34.4 Å². The summed E-state index contributed by atoms with van der Waals surface area (Å²) < 4.78 is 11.4. The van der Waals surface area contributed by atoms with E-state index in [4.69, 9.17) is 8.83 Å². The van der Waals surface area contributed by atoms with Crippen molar-refractivity contribution in [1.82, 2.24) is 9.97 Å². The molecule has 0 saturated carbocycles. The van der Waals surface area contributed by atoms with Gasteiger partial charge in [0.25, 0.3) is 0 Å². The van der Waals surface area contributed by atoms with Crippen molar-refractivity contribution < 1.29 is 8.83 Å². The van der Waals surface area contributed by atoms with Crippen LogP contribution in [0.5, 0.6) is 0 Å². The third-order valence-electron chi connectivity index (χ3n) is 3.64. The highest BCUT2D eigenvalue weighted by atomic mass is 16.4. The average molecular weight is 290 g/mol. The highest BCUT2D eigenvalue weighted by molar-refractivity contribution is 5.80. The van der Waals surface area contributed by atoms with Gasteiger partial charge in [-0.1, -0.05) is 24.3 Å². The van der Waals surface area contributed by atoms with E-state index in [1.165, 1.54) is 0 Å². The minimum absolute atomic E-state index is 0.545. The van der Waals surface area contributed by atoms with Gasteiger partial charge in [0.1, 0.15) is 11.0 Å². The van der Waals surface area contributed by atoms with Crippen LogP contribution in [-0.4, -0.2) is 9.97 Å². The highest BCUT2D eigenvalue weighted by Gasteiger charge is 2.07. The number of aromatic nitrogens is 2. The zero-order chi connectivity index (χ0) is 15.1. The topological polar surface area (TPSA) is 52.1 Å². The molecule has 2 aromatic carbocycles. The van der Waals surface area contributed by atoms with E-state index in [-0.39, 0.29) is 0 Å². The Hall–Kier alpha value is -2.88. The van der Waals surface area contributed by atoms with Gasteiger partial charge in [-0.3, -0.25) is 0 Å². The molecule has 4 rings (SSSR count). The molecule has 4 aromatic rings. The summed E-state index contributed by atoms with van der Waals surface area (Å²) in [6.45, 7) is 4.03. The summed E-state index contributed by atoms with van der Waals surface area (Å²) in [6.07, 6.45) is 3.55. The van der Waals surface area contributed by atoms with Crippen LogP contribution < -0.4 is 0 Å². The highest BCUT2D eigenvalue weighted by Crippen LogP contribution is 2.22. The molecule has 108 valence electrons. The summed E-state index contributed by atoms with van der Waals surface area (Å²) in [6, 6.07) is 11.8. The van der Waals surface area contributed by atoms with E-state index < -0.39 is 0 Å². The third kappa shape index (κ3) is 2.09. The molecule has 22 heavy (non-hydrogen) atoms. The first-order valence-corrected chi connectivity index (χ1v) is 7.11. The van der Waals surface area contributed by atoms with Gasteiger partial charge in [-0.25, -0.2) is 9.97 Å². The Morgan fingerprint density at radius 3 is 1.59 bits per heavy atom. The molecule has 0 N–H and O–H groups in total. The van der Waals surface area contributed by atoms with E-state index in [0.29, 0.717) is 11.8 Å². The fourth-order valence-corrected chi connectivity index (χ4v) is 2.49. The maximum Gasteiger partial charge on any atom is 0.220 e. The standard InChI is InChI=1S/C18H14N2O2/c1-11-5-3-7-13-17(11)19-15(21-13)9-10-16-20-18-12(2)6-4-8-14(18)22-16/h3-10H,1-2H3. The van der Waals surface area contributed by atoms with Crippen molar-refractivity contribution in [2.24, 2.45) is 0 Å². The Kier molecular flexibility index (Phi) is 2.82. The van der Waals surface area contributed by atoms with Crippen molar-refractivity contribution in [2.75, 3.05) is 0 Å². The van der Waals surface area contributed by atoms with Gasteiger partial charge in [-0.05, 0) is 37.1 Å². The molecule has 0 spiro atoms. The van der Waals surface area contributed by atoms with Crippen LogP contribution in [0.4, 0.5) is 0 Å². The smallest absolute Gasteiger partial charge is 0.220 e. The molecular weight excluding hydrogens is 276 g/mol. The summed E-state index contributed by atoms with van der Waals surface area (Å²) in [5.41, 5.74) is 5.53. The van der Waals surface area contributed by atoms with Crippen molar-refractivity contribution in [1.29, 1.82) is 0 Å². The SMILES string of the molecule is Cc1cccc2oc(C=Cc3nc4c(C)cccc4o3)nc12. The first-order valence-electron chi connectivity index (χ1n) is 7.11. The molecule has 0 atom stereocenters. The number of oxazole rings is 2. The molecule has 4 heteroatoms. The lowest BCUT2D eigenvalue weighted by Gasteiger charge is -1.88. The Balaban J connectivity index is 1.72. The molecule has 2 heterocycles. The predicted octanol–water partition coefficient (Wildman–Crippen LogP) is 4.76. The lowest BCUT2D eigenvalue weighted by molar-refractivity contribution is 0.583. The molecule has 0 aliphatic heterocycles. The fraction of sp³-hybridized carbons (Fsp3) is 0.111. The van der Waals surface area contributed by atoms with E-state index in [0.717, 1.165) is 33.3 Å². The molecule has 0 saturated heterocycles. The van der Waals surface area contributed by atoms with Crippen molar-refractivity contribution in [3.05, 3.63) is 59.3 Å². The van der Waals surface area contributed by atoms with E-state index >= 15 is 0 Å². The number of nitrogens with zero attached hydrogens (tertiary/aromatic N) is 2. The van der Waals surface area contributed by atoms with Crippen LogP contribution in [0.3, 0.4) is 0 Å². The second-order valence-electron chi connectivity index (χ2n) is 5.28. The second-order valence-corrected chi connectivity index (χ2v) is 5.28. The van der Waals surface area contributed by atoms with E-state index in [2.05, 4.69) is 9.97 Å².